The van der Waals surface area contributed by atoms with Gasteiger partial charge >= 0.3 is 0 Å². The van der Waals surface area contributed by atoms with E-state index in [0.29, 0.717) is 39.3 Å². The van der Waals surface area contributed by atoms with E-state index in [1.807, 2.05) is 18.2 Å². The molecule has 6 heteroatoms. The van der Waals surface area contributed by atoms with Crippen LogP contribution in [0.5, 0.6) is 11.5 Å². The number of pyridine rings is 1. The van der Waals surface area contributed by atoms with Gasteiger partial charge in [0.1, 0.15) is 17.3 Å². The Bertz CT molecular complexity index is 1450. The number of rotatable bonds is 5. The highest BCUT2D eigenvalue weighted by molar-refractivity contribution is 6.01. The summed E-state index contributed by atoms with van der Waals surface area (Å²) in [5.41, 5.74) is 3.19. The van der Waals surface area contributed by atoms with Crippen LogP contribution in [-0.2, 0) is 11.8 Å². The van der Waals surface area contributed by atoms with Crippen molar-refractivity contribution in [2.75, 3.05) is 5.32 Å². The minimum atomic E-state index is -0.342. The van der Waals surface area contributed by atoms with E-state index in [4.69, 9.17) is 4.74 Å². The van der Waals surface area contributed by atoms with E-state index in [2.05, 4.69) is 11.9 Å². The third kappa shape index (κ3) is 4.28. The van der Waals surface area contributed by atoms with E-state index in [1.165, 1.54) is 22.8 Å². The van der Waals surface area contributed by atoms with Crippen LogP contribution in [0.4, 0.5) is 10.1 Å². The highest BCUT2D eigenvalue weighted by atomic mass is 19.1. The van der Waals surface area contributed by atoms with E-state index in [9.17, 15) is 14.0 Å². The molecule has 0 saturated carbocycles. The van der Waals surface area contributed by atoms with Gasteiger partial charge in [0.25, 0.3) is 5.56 Å². The first kappa shape index (κ1) is 22.0. The number of carbonyl (C=O) groups is 1. The maximum atomic E-state index is 13.8. The molecule has 0 bridgehead atoms. The molecule has 1 N–H and O–H groups in total. The number of nitrogens with one attached hydrogen (secondary N) is 1. The second-order valence-electron chi connectivity index (χ2n) is 7.88. The fraction of sp³-hybridized carbons (Fsp3) is 0.111. The monoisotopic (exact) mass is 442 g/mol. The van der Waals surface area contributed by atoms with Gasteiger partial charge in [-0.1, -0.05) is 24.8 Å². The topological polar surface area (TPSA) is 60.3 Å². The number of anilines is 1. The molecule has 5 nitrogen and oxygen atoms in total. The fourth-order valence-corrected chi connectivity index (χ4v) is 3.90. The van der Waals surface area contributed by atoms with Crippen LogP contribution in [0, 0.1) is 19.7 Å². The Morgan fingerprint density at radius 1 is 1.03 bits per heavy atom. The molecule has 4 aromatic rings. The molecule has 0 radical (unpaired) electrons. The number of aryl methyl sites for hydroxylation is 3. The SMILES string of the molecule is C=CC(=O)Nc1ccc(Oc2c(C)cc(F)cc2C)c(-c2cn(C)c(=O)c3ccccc23)c1. The zero-order valence-corrected chi connectivity index (χ0v) is 18.6. The Balaban J connectivity index is 1.96. The van der Waals surface area contributed by atoms with E-state index < -0.39 is 0 Å². The molecule has 1 amide bonds. The van der Waals surface area contributed by atoms with Gasteiger partial charge in [-0.2, -0.15) is 0 Å². The van der Waals surface area contributed by atoms with Crippen molar-refractivity contribution in [1.82, 2.24) is 4.57 Å². The van der Waals surface area contributed by atoms with E-state index in [-0.39, 0.29) is 17.3 Å². The summed E-state index contributed by atoms with van der Waals surface area (Å²) in [7, 11) is 1.69. The molecule has 0 unspecified atom stereocenters. The zero-order valence-electron chi connectivity index (χ0n) is 18.6. The van der Waals surface area contributed by atoms with Crippen molar-refractivity contribution in [3.8, 4) is 22.6 Å². The van der Waals surface area contributed by atoms with Crippen molar-refractivity contribution in [3.63, 3.8) is 0 Å². The predicted octanol–water partition coefficient (Wildman–Crippen LogP) is 5.88. The average Bonchev–Trinajstić information content (AvgIpc) is 2.79. The van der Waals surface area contributed by atoms with Gasteiger partial charge in [0, 0.05) is 35.4 Å². The number of fused-ring (bicyclic) bond motifs is 1. The van der Waals surface area contributed by atoms with Crippen molar-refractivity contribution < 1.29 is 13.9 Å². The first-order valence-electron chi connectivity index (χ1n) is 10.4. The summed E-state index contributed by atoms with van der Waals surface area (Å²) in [6.45, 7) is 7.06. The summed E-state index contributed by atoms with van der Waals surface area (Å²) in [5.74, 6) is 0.386. The average molecular weight is 442 g/mol. The number of nitrogens with zero attached hydrogens (tertiary/aromatic N) is 1. The molecule has 1 aromatic heterocycles. The lowest BCUT2D eigenvalue weighted by atomic mass is 9.99. The van der Waals surface area contributed by atoms with Crippen LogP contribution < -0.4 is 15.6 Å². The Morgan fingerprint density at radius 2 is 1.70 bits per heavy atom. The quantitative estimate of drug-likeness (QED) is 0.393. The van der Waals surface area contributed by atoms with Crippen LogP contribution in [0.2, 0.25) is 0 Å². The smallest absolute Gasteiger partial charge is 0.258 e. The zero-order chi connectivity index (χ0) is 23.7. The molecule has 0 atom stereocenters. The molecular formula is C27H23FN2O3. The number of carbonyl (C=O) groups excluding carboxylic acids is 1. The first-order valence-corrected chi connectivity index (χ1v) is 10.4. The molecule has 0 aliphatic carbocycles. The highest BCUT2D eigenvalue weighted by Gasteiger charge is 2.17. The second kappa shape index (κ2) is 8.74. The highest BCUT2D eigenvalue weighted by Crippen LogP contribution is 2.40. The lowest BCUT2D eigenvalue weighted by molar-refractivity contribution is -0.111. The van der Waals surface area contributed by atoms with Crippen LogP contribution in [0.1, 0.15) is 11.1 Å². The third-order valence-corrected chi connectivity index (χ3v) is 5.45. The molecule has 4 rings (SSSR count). The van der Waals surface area contributed by atoms with Gasteiger partial charge in [0.15, 0.2) is 0 Å². The lowest BCUT2D eigenvalue weighted by Gasteiger charge is -2.18. The summed E-state index contributed by atoms with van der Waals surface area (Å²) in [4.78, 5) is 24.6. The van der Waals surface area contributed by atoms with Crippen molar-refractivity contribution >= 4 is 22.4 Å². The van der Waals surface area contributed by atoms with E-state index >= 15 is 0 Å². The van der Waals surface area contributed by atoms with Crippen molar-refractivity contribution in [3.05, 3.63) is 101 Å². The van der Waals surface area contributed by atoms with Gasteiger partial charge in [0.2, 0.25) is 5.91 Å². The van der Waals surface area contributed by atoms with Gasteiger partial charge in [-0.25, -0.2) is 4.39 Å². The Hall–Kier alpha value is -4.19. The normalized spacial score (nSPS) is 10.8. The third-order valence-electron chi connectivity index (χ3n) is 5.45. The van der Waals surface area contributed by atoms with Crippen LogP contribution in [-0.4, -0.2) is 10.5 Å². The summed E-state index contributed by atoms with van der Waals surface area (Å²) in [5, 5.41) is 4.09. The molecule has 3 aromatic carbocycles. The number of halogens is 1. The Labute approximate surface area is 190 Å². The molecule has 1 heterocycles. The minimum Gasteiger partial charge on any atom is -0.456 e. The van der Waals surface area contributed by atoms with Crippen molar-refractivity contribution in [2.45, 2.75) is 13.8 Å². The lowest BCUT2D eigenvalue weighted by Crippen LogP contribution is -2.16. The van der Waals surface area contributed by atoms with Gasteiger partial charge in [0.05, 0.1) is 0 Å². The number of aromatic nitrogens is 1. The molecule has 0 saturated heterocycles. The maximum Gasteiger partial charge on any atom is 0.258 e. The Kier molecular flexibility index (Phi) is 5.84. The first-order chi connectivity index (χ1) is 15.8. The number of hydrogen-bond donors (Lipinski definition) is 1. The largest absolute Gasteiger partial charge is 0.456 e. The summed E-state index contributed by atoms with van der Waals surface area (Å²) in [6, 6.07) is 15.4. The number of amides is 1. The molecule has 33 heavy (non-hydrogen) atoms. The van der Waals surface area contributed by atoms with Gasteiger partial charge < -0.3 is 14.6 Å². The van der Waals surface area contributed by atoms with Crippen molar-refractivity contribution in [2.24, 2.45) is 7.05 Å². The molecule has 0 aliphatic rings. The van der Waals surface area contributed by atoms with E-state index in [0.717, 1.165) is 10.9 Å². The minimum absolute atomic E-state index is 0.113. The van der Waals surface area contributed by atoms with Gasteiger partial charge in [-0.3, -0.25) is 9.59 Å². The molecule has 0 aliphatic heterocycles. The van der Waals surface area contributed by atoms with Crippen LogP contribution in [0.25, 0.3) is 21.9 Å². The van der Waals surface area contributed by atoms with Gasteiger partial charge in [-0.15, -0.1) is 0 Å². The predicted molar refractivity (Wildman–Crippen MR) is 129 cm³/mol. The summed E-state index contributed by atoms with van der Waals surface area (Å²) < 4.78 is 21.6. The number of hydrogen-bond acceptors (Lipinski definition) is 3. The summed E-state index contributed by atoms with van der Waals surface area (Å²) in [6.07, 6.45) is 2.94. The second-order valence-corrected chi connectivity index (χ2v) is 7.88. The number of ether oxygens (including phenoxy) is 1. The van der Waals surface area contributed by atoms with Crippen LogP contribution in [0.3, 0.4) is 0 Å². The molecule has 0 fully saturated rings. The van der Waals surface area contributed by atoms with Gasteiger partial charge in [-0.05, 0) is 72.8 Å². The standard InChI is InChI=1S/C27H23FN2O3/c1-5-25(31)29-19-10-11-24(33-26-16(2)12-18(28)13-17(26)3)22(14-19)23-15-30(4)27(32)21-9-7-6-8-20(21)23/h5-15H,1H2,2-4H3,(H,29,31). The maximum absolute atomic E-state index is 13.8. The van der Waals surface area contributed by atoms with E-state index in [1.54, 1.807) is 51.4 Å². The Morgan fingerprint density at radius 3 is 2.36 bits per heavy atom. The van der Waals surface area contributed by atoms with Crippen molar-refractivity contribution in [1.29, 1.82) is 0 Å². The molecule has 0 spiro atoms. The van der Waals surface area contributed by atoms with Crippen LogP contribution in [0.15, 0.2) is 78.2 Å². The summed E-state index contributed by atoms with van der Waals surface area (Å²) >= 11 is 0. The number of benzene rings is 3. The molecular weight excluding hydrogens is 419 g/mol. The van der Waals surface area contributed by atoms with Crippen LogP contribution >= 0.6 is 0 Å². The fourth-order valence-electron chi connectivity index (χ4n) is 3.90. The molecule has 166 valence electrons.